The molecule has 3 atom stereocenters. The number of nitrogens with two attached hydrogens (primary N) is 1. The van der Waals surface area contributed by atoms with E-state index in [9.17, 15) is 0 Å². The average molecular weight is 224 g/mol. The molecule has 0 aromatic heterocycles. The van der Waals surface area contributed by atoms with Gasteiger partial charge in [0, 0.05) is 6.42 Å². The van der Waals surface area contributed by atoms with E-state index >= 15 is 0 Å². The summed E-state index contributed by atoms with van der Waals surface area (Å²) in [5, 5.41) is 7.20. The van der Waals surface area contributed by atoms with Crippen molar-refractivity contribution < 1.29 is 4.74 Å². The molecule has 3 nitrogen and oxygen atoms in total. The van der Waals surface area contributed by atoms with Crippen LogP contribution in [0.15, 0.2) is 0 Å². The lowest BCUT2D eigenvalue weighted by molar-refractivity contribution is -0.0439. The van der Waals surface area contributed by atoms with Crippen molar-refractivity contribution in [1.29, 1.82) is 5.41 Å². The van der Waals surface area contributed by atoms with E-state index < -0.39 is 0 Å². The van der Waals surface area contributed by atoms with Crippen molar-refractivity contribution in [3.05, 3.63) is 0 Å². The lowest BCUT2D eigenvalue weighted by Gasteiger charge is -2.38. The standard InChI is InChI=1S/C13H24N2O/c1-12(2)9-4-6-13(12,3)10(8-9)16-7-5-11(14)15/h9-10H,4-8H2,1-3H3,(H3,14,15). The first-order valence-corrected chi connectivity index (χ1v) is 6.32. The van der Waals surface area contributed by atoms with Crippen LogP contribution in [-0.2, 0) is 4.74 Å². The Morgan fingerprint density at radius 3 is 2.56 bits per heavy atom. The molecule has 0 amide bonds. The van der Waals surface area contributed by atoms with Crippen LogP contribution in [0, 0.1) is 22.2 Å². The molecule has 0 radical (unpaired) electrons. The molecule has 0 saturated heterocycles. The highest BCUT2D eigenvalue weighted by molar-refractivity contribution is 5.76. The van der Waals surface area contributed by atoms with E-state index in [2.05, 4.69) is 20.8 Å². The highest BCUT2D eigenvalue weighted by Crippen LogP contribution is 2.66. The third-order valence-electron chi connectivity index (χ3n) is 5.40. The first-order valence-electron chi connectivity index (χ1n) is 6.32. The average Bonchev–Trinajstić information content (AvgIpc) is 2.49. The second-order valence-corrected chi connectivity index (χ2v) is 6.25. The predicted molar refractivity (Wildman–Crippen MR) is 65.5 cm³/mol. The van der Waals surface area contributed by atoms with Gasteiger partial charge in [-0.3, -0.25) is 5.41 Å². The Morgan fingerprint density at radius 1 is 1.44 bits per heavy atom. The maximum absolute atomic E-state index is 7.20. The first-order chi connectivity index (χ1) is 7.38. The quantitative estimate of drug-likeness (QED) is 0.569. The van der Waals surface area contributed by atoms with Crippen LogP contribution in [0.25, 0.3) is 0 Å². The van der Waals surface area contributed by atoms with Gasteiger partial charge >= 0.3 is 0 Å². The van der Waals surface area contributed by atoms with E-state index in [0.29, 0.717) is 30.0 Å². The molecule has 0 aromatic rings. The summed E-state index contributed by atoms with van der Waals surface area (Å²) in [7, 11) is 0. The summed E-state index contributed by atoms with van der Waals surface area (Å²) in [6, 6.07) is 0. The van der Waals surface area contributed by atoms with E-state index in [1.807, 2.05) is 0 Å². The summed E-state index contributed by atoms with van der Waals surface area (Å²) in [6.45, 7) is 7.76. The van der Waals surface area contributed by atoms with E-state index in [-0.39, 0.29) is 5.84 Å². The minimum atomic E-state index is 0.229. The van der Waals surface area contributed by atoms with Gasteiger partial charge in [-0.05, 0) is 36.0 Å². The van der Waals surface area contributed by atoms with Crippen LogP contribution in [0.3, 0.4) is 0 Å². The molecule has 0 aliphatic heterocycles. The van der Waals surface area contributed by atoms with E-state index in [1.54, 1.807) is 0 Å². The molecular formula is C13H24N2O. The molecule has 2 bridgehead atoms. The van der Waals surface area contributed by atoms with Gasteiger partial charge in [-0.25, -0.2) is 0 Å². The van der Waals surface area contributed by atoms with Crippen molar-refractivity contribution in [2.24, 2.45) is 22.5 Å². The van der Waals surface area contributed by atoms with Crippen LogP contribution in [0.4, 0.5) is 0 Å². The van der Waals surface area contributed by atoms with Gasteiger partial charge in [0.25, 0.3) is 0 Å². The molecule has 2 rings (SSSR count). The van der Waals surface area contributed by atoms with Crippen LogP contribution in [0.1, 0.15) is 46.5 Å². The Morgan fingerprint density at radius 2 is 2.12 bits per heavy atom. The molecule has 16 heavy (non-hydrogen) atoms. The topological polar surface area (TPSA) is 59.1 Å². The van der Waals surface area contributed by atoms with Gasteiger partial charge in [0.2, 0.25) is 0 Å². The van der Waals surface area contributed by atoms with Crippen molar-refractivity contribution in [2.75, 3.05) is 6.61 Å². The predicted octanol–water partition coefficient (Wildman–Crippen LogP) is 2.54. The summed E-state index contributed by atoms with van der Waals surface area (Å²) >= 11 is 0. The summed E-state index contributed by atoms with van der Waals surface area (Å²) in [4.78, 5) is 0. The second kappa shape index (κ2) is 3.73. The fraction of sp³-hybridized carbons (Fsp3) is 0.923. The third-order valence-corrected chi connectivity index (χ3v) is 5.40. The number of hydrogen-bond donors (Lipinski definition) is 2. The van der Waals surface area contributed by atoms with Gasteiger partial charge in [-0.1, -0.05) is 20.8 Å². The van der Waals surface area contributed by atoms with Gasteiger partial charge < -0.3 is 10.5 Å². The zero-order valence-electron chi connectivity index (χ0n) is 10.7. The molecule has 0 spiro atoms. The highest BCUT2D eigenvalue weighted by atomic mass is 16.5. The number of nitrogens with one attached hydrogen (secondary N) is 1. The van der Waals surface area contributed by atoms with Crippen molar-refractivity contribution in [2.45, 2.75) is 52.6 Å². The summed E-state index contributed by atoms with van der Waals surface area (Å²) in [5.41, 5.74) is 6.08. The molecule has 92 valence electrons. The normalized spacial score (nSPS) is 40.2. The summed E-state index contributed by atoms with van der Waals surface area (Å²) in [5.74, 6) is 1.05. The summed E-state index contributed by atoms with van der Waals surface area (Å²) in [6.07, 6.45) is 4.78. The molecule has 2 aliphatic carbocycles. The Hall–Kier alpha value is -0.570. The zero-order valence-corrected chi connectivity index (χ0v) is 10.7. The Balaban J connectivity index is 1.96. The zero-order chi connectivity index (χ0) is 12.0. The molecule has 3 N–H and O–H groups in total. The van der Waals surface area contributed by atoms with Crippen LogP contribution in [0.5, 0.6) is 0 Å². The van der Waals surface area contributed by atoms with Crippen molar-refractivity contribution in [1.82, 2.24) is 0 Å². The lowest BCUT2D eigenvalue weighted by atomic mass is 9.70. The van der Waals surface area contributed by atoms with Gasteiger partial charge in [0.15, 0.2) is 0 Å². The second-order valence-electron chi connectivity index (χ2n) is 6.25. The number of rotatable bonds is 4. The minimum absolute atomic E-state index is 0.229. The fourth-order valence-electron chi connectivity index (χ4n) is 3.69. The first kappa shape index (κ1) is 11.9. The third kappa shape index (κ3) is 1.56. The van der Waals surface area contributed by atoms with Gasteiger partial charge in [-0.15, -0.1) is 0 Å². The molecule has 2 saturated carbocycles. The Bertz CT molecular complexity index is 300. The molecule has 2 fully saturated rings. The van der Waals surface area contributed by atoms with Crippen LogP contribution in [-0.4, -0.2) is 18.5 Å². The van der Waals surface area contributed by atoms with Crippen LogP contribution < -0.4 is 5.73 Å². The van der Waals surface area contributed by atoms with Crippen molar-refractivity contribution in [3.8, 4) is 0 Å². The summed E-state index contributed by atoms with van der Waals surface area (Å²) < 4.78 is 5.97. The Labute approximate surface area is 98.2 Å². The van der Waals surface area contributed by atoms with Crippen LogP contribution >= 0.6 is 0 Å². The van der Waals surface area contributed by atoms with E-state index in [0.717, 1.165) is 5.92 Å². The molecule has 2 aliphatic rings. The smallest absolute Gasteiger partial charge is 0.0928 e. The molecule has 3 heteroatoms. The number of ether oxygens (including phenoxy) is 1. The number of fused-ring (bicyclic) bond motifs is 2. The van der Waals surface area contributed by atoms with Gasteiger partial charge in [0.05, 0.1) is 18.5 Å². The maximum atomic E-state index is 7.20. The van der Waals surface area contributed by atoms with Gasteiger partial charge in [0.1, 0.15) is 0 Å². The number of amidine groups is 1. The van der Waals surface area contributed by atoms with Crippen LogP contribution in [0.2, 0.25) is 0 Å². The molecular weight excluding hydrogens is 200 g/mol. The molecule has 0 heterocycles. The van der Waals surface area contributed by atoms with Gasteiger partial charge in [-0.2, -0.15) is 0 Å². The van der Waals surface area contributed by atoms with Crippen molar-refractivity contribution >= 4 is 5.84 Å². The lowest BCUT2D eigenvalue weighted by Crippen LogP contribution is -2.37. The number of hydrogen-bond acceptors (Lipinski definition) is 2. The molecule has 3 unspecified atom stereocenters. The van der Waals surface area contributed by atoms with E-state index in [4.69, 9.17) is 15.9 Å². The largest absolute Gasteiger partial charge is 0.388 e. The molecule has 0 aromatic carbocycles. The van der Waals surface area contributed by atoms with E-state index in [1.165, 1.54) is 19.3 Å². The fourth-order valence-corrected chi connectivity index (χ4v) is 3.69. The maximum Gasteiger partial charge on any atom is 0.0928 e. The monoisotopic (exact) mass is 224 g/mol. The SMILES string of the molecule is CC1(C)C2CCC1(C)C(OCCC(=N)N)C2. The highest BCUT2D eigenvalue weighted by Gasteiger charge is 2.61. The van der Waals surface area contributed by atoms with Crippen molar-refractivity contribution in [3.63, 3.8) is 0 Å². The Kier molecular flexibility index (Phi) is 2.77. The minimum Gasteiger partial charge on any atom is -0.388 e.